The lowest BCUT2D eigenvalue weighted by atomic mass is 10.0. The zero-order valence-corrected chi connectivity index (χ0v) is 14.2. The largest absolute Gasteiger partial charge is 0.382 e. The summed E-state index contributed by atoms with van der Waals surface area (Å²) < 4.78 is 0. The van der Waals surface area contributed by atoms with Gasteiger partial charge in [-0.05, 0) is 47.5 Å². The van der Waals surface area contributed by atoms with Crippen LogP contribution in [-0.4, -0.2) is 15.1 Å². The number of nitriles is 2. The Bertz CT molecular complexity index is 1030. The van der Waals surface area contributed by atoms with Crippen LogP contribution >= 0.6 is 0 Å². The second-order valence-corrected chi connectivity index (χ2v) is 5.65. The molecule has 0 fully saturated rings. The molecule has 2 N–H and O–H groups in total. The Balaban J connectivity index is 1.76. The molecule has 0 spiro atoms. The Morgan fingerprint density at radius 2 is 1.74 bits per heavy atom. The van der Waals surface area contributed by atoms with Crippen molar-refractivity contribution in [1.29, 1.82) is 10.5 Å². The molecule has 0 saturated carbocycles. The molecule has 27 heavy (non-hydrogen) atoms. The van der Waals surface area contributed by atoms with Gasteiger partial charge in [0.05, 0.1) is 23.4 Å². The molecule has 6 heteroatoms. The standard InChI is InChI=1S/C21H15N5O/c22-12-1-2-15-3-7-17(8-4-15)20(27)19-11-13-24-21(26-19)25-18-9-5-16(14-23)6-10-18/h1-11,13,20,27H,(H,24,25,26)/b2-1+. The van der Waals surface area contributed by atoms with E-state index in [9.17, 15) is 5.11 Å². The first-order valence-corrected chi connectivity index (χ1v) is 8.14. The third-order valence-corrected chi connectivity index (χ3v) is 3.83. The molecule has 3 rings (SSSR count). The smallest absolute Gasteiger partial charge is 0.227 e. The van der Waals surface area contributed by atoms with Crippen LogP contribution in [-0.2, 0) is 0 Å². The monoisotopic (exact) mass is 353 g/mol. The lowest BCUT2D eigenvalue weighted by molar-refractivity contribution is 0.215. The van der Waals surface area contributed by atoms with Gasteiger partial charge in [-0.1, -0.05) is 24.3 Å². The lowest BCUT2D eigenvalue weighted by Gasteiger charge is -2.12. The van der Waals surface area contributed by atoms with Gasteiger partial charge >= 0.3 is 0 Å². The van der Waals surface area contributed by atoms with Crippen molar-refractivity contribution in [2.24, 2.45) is 0 Å². The van der Waals surface area contributed by atoms with Gasteiger partial charge in [0, 0.05) is 18.0 Å². The predicted octanol–water partition coefficient (Wildman–Crippen LogP) is 3.71. The maximum absolute atomic E-state index is 10.6. The van der Waals surface area contributed by atoms with Crippen molar-refractivity contribution in [3.05, 3.63) is 89.3 Å². The number of benzene rings is 2. The molecule has 130 valence electrons. The van der Waals surface area contributed by atoms with E-state index in [4.69, 9.17) is 10.5 Å². The van der Waals surface area contributed by atoms with Crippen LogP contribution in [0.3, 0.4) is 0 Å². The molecule has 0 saturated heterocycles. The highest BCUT2D eigenvalue weighted by Gasteiger charge is 2.13. The highest BCUT2D eigenvalue weighted by molar-refractivity contribution is 5.55. The molecule has 3 aromatic rings. The molecule has 0 aliphatic heterocycles. The molecule has 0 aliphatic rings. The fourth-order valence-corrected chi connectivity index (χ4v) is 2.44. The summed E-state index contributed by atoms with van der Waals surface area (Å²) in [4.78, 5) is 8.53. The van der Waals surface area contributed by atoms with E-state index >= 15 is 0 Å². The third-order valence-electron chi connectivity index (χ3n) is 3.83. The second-order valence-electron chi connectivity index (χ2n) is 5.65. The van der Waals surface area contributed by atoms with E-state index in [2.05, 4.69) is 21.4 Å². The minimum atomic E-state index is -0.900. The zero-order chi connectivity index (χ0) is 19.1. The van der Waals surface area contributed by atoms with Crippen molar-refractivity contribution in [3.63, 3.8) is 0 Å². The van der Waals surface area contributed by atoms with E-state index in [1.165, 1.54) is 6.08 Å². The van der Waals surface area contributed by atoms with E-state index in [1.54, 1.807) is 54.7 Å². The average Bonchev–Trinajstić information content (AvgIpc) is 2.73. The number of nitrogens with one attached hydrogen (secondary N) is 1. The molecule has 2 aromatic carbocycles. The number of aliphatic hydroxyl groups excluding tert-OH is 1. The molecular formula is C21H15N5O. The van der Waals surface area contributed by atoms with Gasteiger partial charge in [0.2, 0.25) is 5.95 Å². The molecule has 0 radical (unpaired) electrons. The molecule has 1 heterocycles. The Hall–Kier alpha value is -4.00. The van der Waals surface area contributed by atoms with Gasteiger partial charge in [-0.15, -0.1) is 0 Å². The fraction of sp³-hybridized carbons (Fsp3) is 0.0476. The number of aliphatic hydroxyl groups is 1. The maximum atomic E-state index is 10.6. The van der Waals surface area contributed by atoms with E-state index in [-0.39, 0.29) is 0 Å². The lowest BCUT2D eigenvalue weighted by Crippen LogP contribution is -2.05. The molecule has 0 bridgehead atoms. The maximum Gasteiger partial charge on any atom is 0.227 e. The van der Waals surface area contributed by atoms with Crippen LogP contribution in [0, 0.1) is 22.7 Å². The predicted molar refractivity (Wildman–Crippen MR) is 102 cm³/mol. The van der Waals surface area contributed by atoms with Crippen molar-refractivity contribution in [2.75, 3.05) is 5.32 Å². The van der Waals surface area contributed by atoms with E-state index in [0.717, 1.165) is 11.3 Å². The molecule has 6 nitrogen and oxygen atoms in total. The van der Waals surface area contributed by atoms with Crippen molar-refractivity contribution in [3.8, 4) is 12.1 Å². The highest BCUT2D eigenvalue weighted by Crippen LogP contribution is 2.22. The highest BCUT2D eigenvalue weighted by atomic mass is 16.3. The van der Waals surface area contributed by atoms with Crippen LogP contribution in [0.1, 0.15) is 28.5 Å². The van der Waals surface area contributed by atoms with Crippen LogP contribution in [0.25, 0.3) is 6.08 Å². The summed E-state index contributed by atoms with van der Waals surface area (Å²) in [6.07, 6.45) is 3.77. The summed E-state index contributed by atoms with van der Waals surface area (Å²) in [6.45, 7) is 0. The number of hydrogen-bond acceptors (Lipinski definition) is 6. The van der Waals surface area contributed by atoms with Crippen LogP contribution < -0.4 is 5.32 Å². The first kappa shape index (κ1) is 17.8. The van der Waals surface area contributed by atoms with Gasteiger partial charge in [-0.3, -0.25) is 0 Å². The Kier molecular flexibility index (Phi) is 5.54. The summed E-state index contributed by atoms with van der Waals surface area (Å²) >= 11 is 0. The number of nitrogens with zero attached hydrogens (tertiary/aromatic N) is 4. The van der Waals surface area contributed by atoms with Gasteiger partial charge < -0.3 is 10.4 Å². The van der Waals surface area contributed by atoms with E-state index < -0.39 is 6.10 Å². The number of rotatable bonds is 5. The van der Waals surface area contributed by atoms with Crippen molar-refractivity contribution < 1.29 is 5.11 Å². The summed E-state index contributed by atoms with van der Waals surface area (Å²) in [5.74, 6) is 0.352. The van der Waals surface area contributed by atoms with Gasteiger partial charge in [0.15, 0.2) is 0 Å². The van der Waals surface area contributed by atoms with E-state index in [1.807, 2.05) is 18.2 Å². The first-order valence-electron chi connectivity index (χ1n) is 8.14. The topological polar surface area (TPSA) is 106 Å². The zero-order valence-electron chi connectivity index (χ0n) is 14.2. The first-order chi connectivity index (χ1) is 13.2. The molecule has 1 atom stereocenters. The summed E-state index contributed by atoms with van der Waals surface area (Å²) in [5, 5.41) is 31.1. The van der Waals surface area contributed by atoms with E-state index in [0.29, 0.717) is 22.8 Å². The van der Waals surface area contributed by atoms with Gasteiger partial charge in [-0.25, -0.2) is 9.97 Å². The SMILES string of the molecule is N#C/C=C/c1ccc(C(O)c2ccnc(Nc3ccc(C#N)cc3)n2)cc1. The van der Waals surface area contributed by atoms with Crippen molar-refractivity contribution in [1.82, 2.24) is 9.97 Å². The molecule has 0 amide bonds. The molecule has 1 unspecified atom stereocenters. The summed E-state index contributed by atoms with van der Waals surface area (Å²) in [7, 11) is 0. The number of aromatic nitrogens is 2. The second kappa shape index (κ2) is 8.39. The van der Waals surface area contributed by atoms with Gasteiger partial charge in [0.25, 0.3) is 0 Å². The number of allylic oxidation sites excluding steroid dienone is 1. The number of hydrogen-bond donors (Lipinski definition) is 2. The van der Waals surface area contributed by atoms with Gasteiger partial charge in [0.1, 0.15) is 6.10 Å². The Morgan fingerprint density at radius 3 is 2.41 bits per heavy atom. The third kappa shape index (κ3) is 4.55. The Labute approximate surface area is 156 Å². The normalized spacial score (nSPS) is 11.5. The Morgan fingerprint density at radius 1 is 1.00 bits per heavy atom. The quantitative estimate of drug-likeness (QED) is 0.677. The minimum absolute atomic E-state index is 0.352. The van der Waals surface area contributed by atoms with Crippen LogP contribution in [0.2, 0.25) is 0 Å². The van der Waals surface area contributed by atoms with Gasteiger partial charge in [-0.2, -0.15) is 10.5 Å². The summed E-state index contributed by atoms with van der Waals surface area (Å²) in [5.41, 5.74) is 3.33. The van der Waals surface area contributed by atoms with Crippen molar-refractivity contribution in [2.45, 2.75) is 6.10 Å². The fourth-order valence-electron chi connectivity index (χ4n) is 2.44. The number of anilines is 2. The minimum Gasteiger partial charge on any atom is -0.382 e. The van der Waals surface area contributed by atoms with Crippen LogP contribution in [0.5, 0.6) is 0 Å². The molecule has 0 aliphatic carbocycles. The summed E-state index contributed by atoms with van der Waals surface area (Å²) in [6, 6.07) is 19.8. The van der Waals surface area contributed by atoms with Crippen LogP contribution in [0.4, 0.5) is 11.6 Å². The van der Waals surface area contributed by atoms with Crippen LogP contribution in [0.15, 0.2) is 66.9 Å². The molecular weight excluding hydrogens is 338 g/mol. The van der Waals surface area contributed by atoms with Crippen molar-refractivity contribution >= 4 is 17.7 Å². The average molecular weight is 353 g/mol. The molecule has 1 aromatic heterocycles.